The monoisotopic (exact) mass is 456 g/mol. The van der Waals surface area contributed by atoms with Crippen LogP contribution in [0.2, 0.25) is 0 Å². The number of ether oxygens (including phenoxy) is 1. The number of hydrogen-bond donors (Lipinski definition) is 2. The summed E-state index contributed by atoms with van der Waals surface area (Å²) in [5.74, 6) is 1.48. The average Bonchev–Trinajstić information content (AvgIpc) is 2.72. The second-order valence-corrected chi connectivity index (χ2v) is 10.6. The maximum atomic E-state index is 12.4. The fourth-order valence-corrected chi connectivity index (χ4v) is 5.69. The minimum atomic E-state index is -3.22. The molecule has 0 saturated carbocycles. The number of rotatable bonds is 7. The molecule has 1 amide bonds. The second-order valence-electron chi connectivity index (χ2n) is 8.57. The first-order valence-electron chi connectivity index (χ1n) is 10.6. The van der Waals surface area contributed by atoms with Crippen LogP contribution in [-0.2, 0) is 10.0 Å². The Morgan fingerprint density at radius 3 is 2.48 bits per heavy atom. The molecule has 2 unspecified atom stereocenters. The Morgan fingerprint density at radius 1 is 1.23 bits per heavy atom. The summed E-state index contributed by atoms with van der Waals surface area (Å²) >= 11 is 0. The van der Waals surface area contributed by atoms with Crippen LogP contribution in [-0.4, -0.2) is 96.6 Å². The van der Waals surface area contributed by atoms with Gasteiger partial charge < -0.3 is 24.7 Å². The van der Waals surface area contributed by atoms with Crippen molar-refractivity contribution in [3.05, 3.63) is 18.3 Å². The van der Waals surface area contributed by atoms with Crippen molar-refractivity contribution in [1.82, 2.24) is 14.2 Å². The van der Waals surface area contributed by atoms with Gasteiger partial charge in [-0.05, 0) is 24.5 Å². The molecular weight excluding hydrogens is 424 g/mol. The van der Waals surface area contributed by atoms with E-state index in [2.05, 4.69) is 9.88 Å². The van der Waals surface area contributed by atoms with Crippen molar-refractivity contribution in [3.63, 3.8) is 0 Å². The number of hydrogen-bond acceptors (Lipinski definition) is 7. The summed E-state index contributed by atoms with van der Waals surface area (Å²) in [6, 6.07) is 3.65. The summed E-state index contributed by atoms with van der Waals surface area (Å²) < 4.78 is 32.1. The number of anilines is 1. The molecule has 2 fully saturated rings. The molecule has 10 nitrogen and oxygen atoms in total. The summed E-state index contributed by atoms with van der Waals surface area (Å²) in [4.78, 5) is 18.7. The van der Waals surface area contributed by atoms with E-state index < -0.39 is 22.2 Å². The molecule has 2 aliphatic heterocycles. The third-order valence-corrected chi connectivity index (χ3v) is 7.92. The topological polar surface area (TPSA) is 124 Å². The van der Waals surface area contributed by atoms with Crippen LogP contribution in [0.25, 0.3) is 0 Å². The summed E-state index contributed by atoms with van der Waals surface area (Å²) in [6.07, 6.45) is 0.399. The highest BCUT2D eigenvalue weighted by Crippen LogP contribution is 2.22. The Labute approximate surface area is 183 Å². The van der Waals surface area contributed by atoms with Crippen LogP contribution in [0.1, 0.15) is 20.3 Å². The molecule has 2 atom stereocenters. The Kier molecular flexibility index (Phi) is 7.60. The second kappa shape index (κ2) is 10.0. The van der Waals surface area contributed by atoms with Crippen LogP contribution in [0.3, 0.4) is 0 Å². The van der Waals surface area contributed by atoms with E-state index in [9.17, 15) is 18.3 Å². The first kappa shape index (κ1) is 23.6. The van der Waals surface area contributed by atoms with E-state index in [0.717, 1.165) is 5.82 Å². The smallest absolute Gasteiger partial charge is 0.407 e. The van der Waals surface area contributed by atoms with Crippen molar-refractivity contribution in [1.29, 1.82) is 0 Å². The highest BCUT2D eigenvalue weighted by atomic mass is 32.2. The Hall–Kier alpha value is -2.11. The maximum absolute atomic E-state index is 12.4. The number of pyridine rings is 1. The first-order chi connectivity index (χ1) is 14.7. The zero-order chi connectivity index (χ0) is 22.6. The lowest BCUT2D eigenvalue weighted by Gasteiger charge is -2.35. The lowest BCUT2D eigenvalue weighted by atomic mass is 9.95. The van der Waals surface area contributed by atoms with Crippen molar-refractivity contribution < 1.29 is 28.2 Å². The molecule has 174 valence electrons. The molecule has 3 heterocycles. The van der Waals surface area contributed by atoms with E-state index in [4.69, 9.17) is 9.84 Å². The van der Waals surface area contributed by atoms with E-state index in [0.29, 0.717) is 51.5 Å². The van der Waals surface area contributed by atoms with Gasteiger partial charge in [0.05, 0.1) is 31.2 Å². The molecule has 1 aromatic heterocycles. The quantitative estimate of drug-likeness (QED) is 0.621. The van der Waals surface area contributed by atoms with Gasteiger partial charge in [0.2, 0.25) is 10.0 Å². The van der Waals surface area contributed by atoms with E-state index in [1.165, 1.54) is 4.90 Å². The first-order valence-corrected chi connectivity index (χ1v) is 12.2. The van der Waals surface area contributed by atoms with E-state index in [-0.39, 0.29) is 24.1 Å². The number of sulfonamides is 1. The van der Waals surface area contributed by atoms with Crippen molar-refractivity contribution in [2.45, 2.75) is 26.4 Å². The van der Waals surface area contributed by atoms with Gasteiger partial charge in [0, 0.05) is 38.6 Å². The molecule has 0 bridgehead atoms. The molecule has 2 aliphatic rings. The fraction of sp³-hybridized carbons (Fsp3) is 0.700. The molecule has 0 spiro atoms. The summed E-state index contributed by atoms with van der Waals surface area (Å²) in [5.41, 5.74) is 0. The predicted molar refractivity (Wildman–Crippen MR) is 116 cm³/mol. The minimum absolute atomic E-state index is 0.0966. The van der Waals surface area contributed by atoms with Crippen molar-refractivity contribution in [2.75, 3.05) is 56.5 Å². The lowest BCUT2D eigenvalue weighted by molar-refractivity contribution is 0.00681. The van der Waals surface area contributed by atoms with Crippen molar-refractivity contribution in [3.8, 4) is 5.75 Å². The summed E-state index contributed by atoms with van der Waals surface area (Å²) in [7, 11) is -3.22. The maximum Gasteiger partial charge on any atom is 0.407 e. The summed E-state index contributed by atoms with van der Waals surface area (Å²) in [5, 5.41) is 19.2. The molecule has 11 heteroatoms. The molecule has 0 radical (unpaired) electrons. The van der Waals surface area contributed by atoms with Gasteiger partial charge in [-0.25, -0.2) is 18.2 Å². The van der Waals surface area contributed by atoms with Gasteiger partial charge in [-0.15, -0.1) is 0 Å². The Bertz CT molecular complexity index is 840. The number of piperazine rings is 1. The highest BCUT2D eigenvalue weighted by molar-refractivity contribution is 7.89. The molecule has 1 aromatic rings. The number of nitrogens with zero attached hydrogens (tertiary/aromatic N) is 4. The number of β-amino-alcohol motifs (C(OH)–C–C–N with tert-alkyl or cyclic N) is 1. The number of amides is 1. The van der Waals surface area contributed by atoms with Crippen molar-refractivity contribution >= 4 is 21.9 Å². The predicted octanol–water partition coefficient (Wildman–Crippen LogP) is 0.929. The van der Waals surface area contributed by atoms with Gasteiger partial charge in [0.25, 0.3) is 0 Å². The normalized spacial score (nSPS) is 23.2. The Balaban J connectivity index is 1.47. The largest absolute Gasteiger partial charge is 0.492 e. The lowest BCUT2D eigenvalue weighted by Crippen LogP contribution is -2.49. The van der Waals surface area contributed by atoms with Crippen LogP contribution in [0, 0.1) is 11.8 Å². The standard InChI is InChI=1S/C20H32N4O6S/c1-15(2)14-31(28,29)24-9-7-22(8-10-24)19-4-3-17(11-21-19)30-13-16-5-6-23(20(26)27)12-18(16)25/h3-4,11,15-16,18,25H,5-10,12-14H2,1-2H3,(H,26,27). The van der Waals surface area contributed by atoms with Crippen LogP contribution < -0.4 is 9.64 Å². The van der Waals surface area contributed by atoms with Crippen LogP contribution >= 0.6 is 0 Å². The minimum Gasteiger partial charge on any atom is -0.492 e. The van der Waals surface area contributed by atoms with Crippen LogP contribution in [0.5, 0.6) is 5.75 Å². The number of carbonyl (C=O) groups is 1. The van der Waals surface area contributed by atoms with Gasteiger partial charge in [0.15, 0.2) is 0 Å². The Morgan fingerprint density at radius 2 is 1.94 bits per heavy atom. The molecule has 0 aliphatic carbocycles. The molecule has 31 heavy (non-hydrogen) atoms. The number of aliphatic hydroxyl groups excluding tert-OH is 1. The zero-order valence-electron chi connectivity index (χ0n) is 18.1. The van der Waals surface area contributed by atoms with Crippen LogP contribution in [0.15, 0.2) is 18.3 Å². The summed E-state index contributed by atoms with van der Waals surface area (Å²) in [6.45, 7) is 6.64. The molecule has 2 saturated heterocycles. The van der Waals surface area contributed by atoms with E-state index in [1.807, 2.05) is 26.0 Å². The zero-order valence-corrected chi connectivity index (χ0v) is 18.9. The molecule has 3 rings (SSSR count). The third kappa shape index (κ3) is 6.20. The highest BCUT2D eigenvalue weighted by Gasteiger charge is 2.31. The molecular formula is C20H32N4O6S. The molecule has 2 N–H and O–H groups in total. The number of piperidine rings is 1. The van der Waals surface area contributed by atoms with Gasteiger partial charge in [-0.2, -0.15) is 4.31 Å². The van der Waals surface area contributed by atoms with Crippen molar-refractivity contribution in [2.24, 2.45) is 11.8 Å². The van der Waals surface area contributed by atoms with Gasteiger partial charge in [0.1, 0.15) is 11.6 Å². The molecule has 0 aromatic carbocycles. The number of carboxylic acid groups (broad SMARTS) is 1. The fourth-order valence-electron chi connectivity index (χ4n) is 3.92. The van der Waals surface area contributed by atoms with Gasteiger partial charge in [-0.1, -0.05) is 13.8 Å². The van der Waals surface area contributed by atoms with E-state index in [1.54, 1.807) is 10.5 Å². The van der Waals surface area contributed by atoms with E-state index >= 15 is 0 Å². The number of aliphatic hydroxyl groups is 1. The van der Waals surface area contributed by atoms with Gasteiger partial charge >= 0.3 is 6.09 Å². The average molecular weight is 457 g/mol. The third-order valence-electron chi connectivity index (χ3n) is 5.68. The number of aromatic nitrogens is 1. The van der Waals surface area contributed by atoms with Gasteiger partial charge in [-0.3, -0.25) is 0 Å². The SMILES string of the molecule is CC(C)CS(=O)(=O)N1CCN(c2ccc(OCC3CCN(C(=O)O)CC3O)cn2)CC1. The number of likely N-dealkylation sites (tertiary alicyclic amines) is 1. The van der Waals surface area contributed by atoms with Crippen LogP contribution in [0.4, 0.5) is 10.6 Å².